The van der Waals surface area contributed by atoms with E-state index in [0.29, 0.717) is 18.2 Å². The number of H-pyrrole nitrogens is 1. The molecule has 1 amide bonds. The number of amides is 1. The number of hydrogen-bond donors (Lipinski definition) is 1. The van der Waals surface area contributed by atoms with Crippen LogP contribution in [0.25, 0.3) is 10.7 Å². The third-order valence-corrected chi connectivity index (χ3v) is 6.42. The minimum Gasteiger partial charge on any atom is -0.333 e. The molecule has 0 fully saturated rings. The summed E-state index contributed by atoms with van der Waals surface area (Å²) in [6.45, 7) is 3.04. The van der Waals surface area contributed by atoms with Crippen molar-refractivity contribution in [2.75, 3.05) is 0 Å². The number of carbonyl (C=O) groups excluding carboxylic acids is 1. The maximum absolute atomic E-state index is 13.3. The number of aromatic nitrogens is 3. The summed E-state index contributed by atoms with van der Waals surface area (Å²) in [6, 6.07) is 24.1. The first-order valence-corrected chi connectivity index (χ1v) is 11.4. The average Bonchev–Trinajstić information content (AvgIpc) is 3.46. The van der Waals surface area contributed by atoms with E-state index in [0.717, 1.165) is 21.8 Å². The Hall–Kier alpha value is -2.90. The zero-order valence-electron chi connectivity index (χ0n) is 16.6. The van der Waals surface area contributed by atoms with Crippen LogP contribution in [-0.4, -0.2) is 31.2 Å². The predicted molar refractivity (Wildman–Crippen MR) is 122 cm³/mol. The Bertz CT molecular complexity index is 1020. The molecule has 1 unspecified atom stereocenters. The van der Waals surface area contributed by atoms with Crippen molar-refractivity contribution in [1.29, 1.82) is 0 Å². The molecule has 7 heteroatoms. The SMILES string of the molecule is CC(Sc1n[nH]c(-c2cccs2)n1)C(=O)N(Cc1ccccc1)Cc1ccccc1. The highest BCUT2D eigenvalue weighted by Gasteiger charge is 2.24. The standard InChI is InChI=1S/C23H22N4OS2/c1-17(30-23-24-21(25-26-23)20-13-8-14-29-20)22(28)27(15-18-9-4-2-5-10-18)16-19-11-6-3-7-12-19/h2-14,17H,15-16H2,1H3,(H,24,25,26). The van der Waals surface area contributed by atoms with Gasteiger partial charge in [0.2, 0.25) is 11.1 Å². The summed E-state index contributed by atoms with van der Waals surface area (Å²) >= 11 is 2.98. The van der Waals surface area contributed by atoms with Crippen molar-refractivity contribution in [3.05, 3.63) is 89.3 Å². The van der Waals surface area contributed by atoms with E-state index < -0.39 is 0 Å². The number of carbonyl (C=O) groups is 1. The van der Waals surface area contributed by atoms with Crippen molar-refractivity contribution < 1.29 is 4.79 Å². The van der Waals surface area contributed by atoms with Gasteiger partial charge >= 0.3 is 0 Å². The normalized spacial score (nSPS) is 11.9. The van der Waals surface area contributed by atoms with Crippen LogP contribution >= 0.6 is 23.1 Å². The molecule has 0 aliphatic heterocycles. The number of aromatic amines is 1. The molecule has 0 aliphatic carbocycles. The molecule has 2 heterocycles. The molecule has 30 heavy (non-hydrogen) atoms. The highest BCUT2D eigenvalue weighted by Crippen LogP contribution is 2.26. The van der Waals surface area contributed by atoms with E-state index in [1.54, 1.807) is 11.3 Å². The second-order valence-corrected chi connectivity index (χ2v) is 9.13. The Morgan fingerprint density at radius 1 is 1.00 bits per heavy atom. The van der Waals surface area contributed by atoms with Gasteiger partial charge in [-0.1, -0.05) is 78.5 Å². The Labute approximate surface area is 184 Å². The molecule has 0 spiro atoms. The lowest BCUT2D eigenvalue weighted by atomic mass is 10.1. The van der Waals surface area contributed by atoms with Crippen LogP contribution in [0.2, 0.25) is 0 Å². The molecule has 0 saturated carbocycles. The van der Waals surface area contributed by atoms with E-state index in [9.17, 15) is 4.79 Å². The van der Waals surface area contributed by atoms with Crippen LogP contribution in [0, 0.1) is 0 Å². The number of nitrogens with zero attached hydrogens (tertiary/aromatic N) is 3. The zero-order chi connectivity index (χ0) is 20.8. The Morgan fingerprint density at radius 3 is 2.20 bits per heavy atom. The molecule has 4 rings (SSSR count). The molecular formula is C23H22N4OS2. The van der Waals surface area contributed by atoms with Crippen molar-refractivity contribution in [3.8, 4) is 10.7 Å². The highest BCUT2D eigenvalue weighted by atomic mass is 32.2. The molecule has 2 aromatic heterocycles. The largest absolute Gasteiger partial charge is 0.333 e. The van der Waals surface area contributed by atoms with Gasteiger partial charge in [0, 0.05) is 13.1 Å². The number of thioether (sulfide) groups is 1. The summed E-state index contributed by atoms with van der Waals surface area (Å²) in [7, 11) is 0. The molecule has 5 nitrogen and oxygen atoms in total. The third-order valence-electron chi connectivity index (χ3n) is 4.59. The van der Waals surface area contributed by atoms with E-state index >= 15 is 0 Å². The third kappa shape index (κ3) is 5.17. The smallest absolute Gasteiger partial charge is 0.236 e. The van der Waals surface area contributed by atoms with Crippen LogP contribution in [-0.2, 0) is 17.9 Å². The van der Waals surface area contributed by atoms with Gasteiger partial charge in [-0.15, -0.1) is 16.4 Å². The number of hydrogen-bond acceptors (Lipinski definition) is 5. The lowest BCUT2D eigenvalue weighted by Gasteiger charge is -2.25. The molecule has 1 N–H and O–H groups in total. The maximum atomic E-state index is 13.3. The summed E-state index contributed by atoms with van der Waals surface area (Å²) in [6.07, 6.45) is 0. The second-order valence-electron chi connectivity index (χ2n) is 6.87. The van der Waals surface area contributed by atoms with E-state index in [4.69, 9.17) is 0 Å². The Balaban J connectivity index is 1.48. The van der Waals surface area contributed by atoms with Gasteiger partial charge in [-0.3, -0.25) is 9.89 Å². The van der Waals surface area contributed by atoms with Crippen LogP contribution in [0.1, 0.15) is 18.1 Å². The number of nitrogens with one attached hydrogen (secondary N) is 1. The van der Waals surface area contributed by atoms with E-state index in [2.05, 4.69) is 15.2 Å². The topological polar surface area (TPSA) is 61.9 Å². The molecule has 152 valence electrons. The van der Waals surface area contributed by atoms with Crippen molar-refractivity contribution in [2.24, 2.45) is 0 Å². The Morgan fingerprint density at radius 2 is 1.63 bits per heavy atom. The van der Waals surface area contributed by atoms with Crippen molar-refractivity contribution in [1.82, 2.24) is 20.1 Å². The van der Waals surface area contributed by atoms with Crippen LogP contribution in [0.5, 0.6) is 0 Å². The van der Waals surface area contributed by atoms with E-state index in [-0.39, 0.29) is 11.2 Å². The highest BCUT2D eigenvalue weighted by molar-refractivity contribution is 8.00. The summed E-state index contributed by atoms with van der Waals surface area (Å²) in [5.41, 5.74) is 2.22. The van der Waals surface area contributed by atoms with Gasteiger partial charge in [-0.25, -0.2) is 4.98 Å². The first-order valence-electron chi connectivity index (χ1n) is 9.68. The summed E-state index contributed by atoms with van der Waals surface area (Å²) in [5, 5.41) is 9.53. The average molecular weight is 435 g/mol. The van der Waals surface area contributed by atoms with Gasteiger partial charge in [0.1, 0.15) is 0 Å². The van der Waals surface area contributed by atoms with Gasteiger partial charge in [0.05, 0.1) is 10.1 Å². The van der Waals surface area contributed by atoms with Crippen molar-refractivity contribution in [3.63, 3.8) is 0 Å². The molecule has 0 bridgehead atoms. The number of thiophene rings is 1. The summed E-state index contributed by atoms with van der Waals surface area (Å²) in [4.78, 5) is 20.8. The summed E-state index contributed by atoms with van der Waals surface area (Å²) < 4.78 is 0. The Kier molecular flexibility index (Phi) is 6.61. The van der Waals surface area contributed by atoms with Crippen LogP contribution in [0.4, 0.5) is 0 Å². The van der Waals surface area contributed by atoms with Crippen LogP contribution < -0.4 is 0 Å². The van der Waals surface area contributed by atoms with Gasteiger partial charge in [0.15, 0.2) is 5.82 Å². The fraction of sp³-hybridized carbons (Fsp3) is 0.174. The lowest BCUT2D eigenvalue weighted by molar-refractivity contribution is -0.131. The van der Waals surface area contributed by atoms with Gasteiger partial charge in [-0.05, 0) is 29.5 Å². The molecule has 4 aromatic rings. The number of benzene rings is 2. The predicted octanol–water partition coefficient (Wildman–Crippen LogP) is 5.24. The fourth-order valence-electron chi connectivity index (χ4n) is 3.11. The molecule has 0 saturated heterocycles. The molecular weight excluding hydrogens is 412 g/mol. The lowest BCUT2D eigenvalue weighted by Crippen LogP contribution is -2.35. The van der Waals surface area contributed by atoms with Crippen molar-refractivity contribution in [2.45, 2.75) is 30.4 Å². The van der Waals surface area contributed by atoms with Crippen LogP contribution in [0.3, 0.4) is 0 Å². The fourth-order valence-corrected chi connectivity index (χ4v) is 4.58. The van der Waals surface area contributed by atoms with Gasteiger partial charge in [-0.2, -0.15) is 0 Å². The van der Waals surface area contributed by atoms with Crippen LogP contribution in [0.15, 0.2) is 83.3 Å². The first kappa shape index (κ1) is 20.4. The summed E-state index contributed by atoms with van der Waals surface area (Å²) in [5.74, 6) is 0.799. The molecule has 0 radical (unpaired) electrons. The van der Waals surface area contributed by atoms with Gasteiger partial charge in [0.25, 0.3) is 0 Å². The van der Waals surface area contributed by atoms with Gasteiger partial charge < -0.3 is 4.90 Å². The first-order chi connectivity index (χ1) is 14.7. The molecule has 0 aliphatic rings. The minimum absolute atomic E-state index is 0.0650. The molecule has 1 atom stereocenters. The van der Waals surface area contributed by atoms with E-state index in [1.165, 1.54) is 11.8 Å². The van der Waals surface area contributed by atoms with E-state index in [1.807, 2.05) is 90.0 Å². The monoisotopic (exact) mass is 434 g/mol. The maximum Gasteiger partial charge on any atom is 0.236 e. The minimum atomic E-state index is -0.301. The zero-order valence-corrected chi connectivity index (χ0v) is 18.2. The molecule has 2 aromatic carbocycles. The second kappa shape index (κ2) is 9.73. The van der Waals surface area contributed by atoms with Crippen molar-refractivity contribution >= 4 is 29.0 Å². The quantitative estimate of drug-likeness (QED) is 0.385. The number of rotatable bonds is 8.